The minimum absolute atomic E-state index is 0.258. The molecule has 1 saturated heterocycles. The highest BCUT2D eigenvalue weighted by molar-refractivity contribution is 6.14. The van der Waals surface area contributed by atoms with E-state index < -0.39 is 17.8 Å². The summed E-state index contributed by atoms with van der Waals surface area (Å²) in [6, 6.07) is 1.04. The van der Waals surface area contributed by atoms with Crippen LogP contribution >= 0.6 is 0 Å². The van der Waals surface area contributed by atoms with Gasteiger partial charge in [0.05, 0.1) is 0 Å². The Morgan fingerprint density at radius 2 is 1.53 bits per heavy atom. The van der Waals surface area contributed by atoms with E-state index in [4.69, 9.17) is 0 Å². The van der Waals surface area contributed by atoms with Crippen molar-refractivity contribution in [3.05, 3.63) is 24.8 Å². The molecule has 0 atom stereocenters. The molecule has 0 bridgehead atoms. The van der Waals surface area contributed by atoms with E-state index in [-0.39, 0.29) is 6.42 Å². The van der Waals surface area contributed by atoms with Crippen LogP contribution in [-0.2, 0) is 9.59 Å². The van der Waals surface area contributed by atoms with Crippen molar-refractivity contribution in [1.82, 2.24) is 20.6 Å². The Labute approximate surface area is 84.9 Å². The van der Waals surface area contributed by atoms with Crippen molar-refractivity contribution in [3.8, 4) is 0 Å². The van der Waals surface area contributed by atoms with Crippen molar-refractivity contribution in [2.75, 3.05) is 0 Å². The summed E-state index contributed by atoms with van der Waals surface area (Å²) >= 11 is 0. The maximum absolute atomic E-state index is 10.3. The van der Waals surface area contributed by atoms with Crippen LogP contribution in [0.25, 0.3) is 0 Å². The van der Waals surface area contributed by atoms with Gasteiger partial charge in [0.25, 0.3) is 0 Å². The summed E-state index contributed by atoms with van der Waals surface area (Å²) < 4.78 is 0. The molecule has 7 heteroatoms. The van der Waals surface area contributed by atoms with Crippen LogP contribution in [-0.4, -0.2) is 27.8 Å². The lowest BCUT2D eigenvalue weighted by Gasteiger charge is -2.09. The van der Waals surface area contributed by atoms with Crippen LogP contribution in [0.3, 0.4) is 0 Å². The second-order valence-electron chi connectivity index (χ2n) is 2.51. The smallest absolute Gasteiger partial charge is 0.277 e. The normalized spacial score (nSPS) is 14.5. The third-order valence-corrected chi connectivity index (χ3v) is 1.30. The second kappa shape index (κ2) is 5.43. The van der Waals surface area contributed by atoms with Gasteiger partial charge in [0, 0.05) is 12.4 Å². The summed E-state index contributed by atoms with van der Waals surface area (Å²) in [6.07, 6.45) is 4.62. The molecule has 0 unspecified atom stereocenters. The monoisotopic (exact) mass is 208 g/mol. The number of amides is 4. The van der Waals surface area contributed by atoms with Crippen molar-refractivity contribution in [2.45, 2.75) is 6.42 Å². The van der Waals surface area contributed by atoms with Gasteiger partial charge in [-0.1, -0.05) is 0 Å². The van der Waals surface area contributed by atoms with E-state index in [1.807, 2.05) is 10.6 Å². The Bertz CT molecular complexity index is 293. The summed E-state index contributed by atoms with van der Waals surface area (Å²) in [4.78, 5) is 38.1. The zero-order valence-electron chi connectivity index (χ0n) is 7.64. The van der Waals surface area contributed by atoms with Crippen molar-refractivity contribution in [2.24, 2.45) is 0 Å². The minimum atomic E-state index is -0.740. The second-order valence-corrected chi connectivity index (χ2v) is 2.51. The van der Waals surface area contributed by atoms with Crippen LogP contribution in [0.1, 0.15) is 6.42 Å². The van der Waals surface area contributed by atoms with E-state index in [9.17, 15) is 14.4 Å². The van der Waals surface area contributed by atoms with Crippen LogP contribution in [0.5, 0.6) is 0 Å². The van der Waals surface area contributed by atoms with E-state index in [0.29, 0.717) is 0 Å². The highest BCUT2D eigenvalue weighted by Crippen LogP contribution is 1.85. The van der Waals surface area contributed by atoms with Crippen molar-refractivity contribution in [3.63, 3.8) is 0 Å². The number of nitrogens with zero attached hydrogens (tertiary/aromatic N) is 2. The van der Waals surface area contributed by atoms with Crippen LogP contribution in [0.2, 0.25) is 0 Å². The van der Waals surface area contributed by atoms with E-state index in [1.165, 1.54) is 6.33 Å². The van der Waals surface area contributed by atoms with E-state index >= 15 is 0 Å². The number of hydrogen-bond donors (Lipinski definition) is 2. The topological polar surface area (TPSA) is 101 Å². The van der Waals surface area contributed by atoms with E-state index in [0.717, 1.165) is 0 Å². The van der Waals surface area contributed by atoms with Gasteiger partial charge < -0.3 is 0 Å². The molecule has 0 aliphatic carbocycles. The quantitative estimate of drug-likeness (QED) is 0.544. The van der Waals surface area contributed by atoms with Gasteiger partial charge in [-0.15, -0.1) is 0 Å². The Morgan fingerprint density at radius 1 is 1.00 bits per heavy atom. The molecule has 7 nitrogen and oxygen atoms in total. The number of rotatable bonds is 0. The molecule has 4 amide bonds. The number of hydrogen-bond acceptors (Lipinski definition) is 5. The number of nitrogens with one attached hydrogen (secondary N) is 2. The predicted octanol–water partition coefficient (Wildman–Crippen LogP) is -0.781. The van der Waals surface area contributed by atoms with Crippen LogP contribution in [0, 0.1) is 0 Å². The summed E-state index contributed by atoms with van der Waals surface area (Å²) in [6.45, 7) is 0. The first-order valence-corrected chi connectivity index (χ1v) is 4.02. The summed E-state index contributed by atoms with van der Waals surface area (Å²) in [7, 11) is 0. The van der Waals surface area contributed by atoms with Crippen molar-refractivity contribution >= 4 is 17.8 Å². The van der Waals surface area contributed by atoms with Crippen LogP contribution < -0.4 is 10.6 Å². The number of urea groups is 1. The average Bonchev–Trinajstić information content (AvgIpc) is 2.19. The summed E-state index contributed by atoms with van der Waals surface area (Å²) in [5, 5.41) is 3.80. The molecule has 2 N–H and O–H groups in total. The van der Waals surface area contributed by atoms with Crippen LogP contribution in [0.15, 0.2) is 24.8 Å². The molecule has 2 rings (SSSR count). The maximum atomic E-state index is 10.3. The van der Waals surface area contributed by atoms with Gasteiger partial charge in [-0.25, -0.2) is 14.8 Å². The lowest BCUT2D eigenvalue weighted by molar-refractivity contribution is -0.129. The Morgan fingerprint density at radius 3 is 1.80 bits per heavy atom. The fraction of sp³-hybridized carbons (Fsp3) is 0.125. The number of carbonyl (C=O) groups excluding carboxylic acids is 3. The Hall–Kier alpha value is -2.31. The van der Waals surface area contributed by atoms with Gasteiger partial charge in [0.15, 0.2) is 0 Å². The third-order valence-electron chi connectivity index (χ3n) is 1.30. The maximum Gasteiger partial charge on any atom is 0.328 e. The number of imide groups is 2. The number of carbonyl (C=O) groups is 3. The molecule has 1 aliphatic heterocycles. The first-order valence-electron chi connectivity index (χ1n) is 4.02. The Balaban J connectivity index is 0.000000162. The molecule has 1 fully saturated rings. The zero-order chi connectivity index (χ0) is 11.1. The molecule has 1 aliphatic rings. The first kappa shape index (κ1) is 10.8. The molecule has 0 saturated carbocycles. The molecule has 2 heterocycles. The summed E-state index contributed by atoms with van der Waals surface area (Å²) in [5.74, 6) is -1.10. The third kappa shape index (κ3) is 4.46. The van der Waals surface area contributed by atoms with Gasteiger partial charge >= 0.3 is 6.03 Å². The average molecular weight is 208 g/mol. The van der Waals surface area contributed by atoms with E-state index in [1.54, 1.807) is 18.5 Å². The number of aromatic nitrogens is 2. The predicted molar refractivity (Wildman–Crippen MR) is 48.3 cm³/mol. The largest absolute Gasteiger partial charge is 0.328 e. The minimum Gasteiger partial charge on any atom is -0.277 e. The highest BCUT2D eigenvalue weighted by Gasteiger charge is 2.20. The Kier molecular flexibility index (Phi) is 3.90. The van der Waals surface area contributed by atoms with E-state index in [2.05, 4.69) is 9.97 Å². The molecular weight excluding hydrogens is 200 g/mol. The lowest BCUT2D eigenvalue weighted by atomic mass is 10.3. The van der Waals surface area contributed by atoms with Crippen molar-refractivity contribution < 1.29 is 14.4 Å². The highest BCUT2D eigenvalue weighted by atomic mass is 16.2. The molecule has 15 heavy (non-hydrogen) atoms. The molecule has 0 radical (unpaired) electrons. The molecule has 1 aromatic heterocycles. The zero-order valence-corrected chi connectivity index (χ0v) is 7.64. The fourth-order valence-electron chi connectivity index (χ4n) is 0.772. The van der Waals surface area contributed by atoms with Crippen LogP contribution in [0.4, 0.5) is 4.79 Å². The first-order chi connectivity index (χ1) is 7.18. The van der Waals surface area contributed by atoms with Gasteiger partial charge in [0.1, 0.15) is 12.7 Å². The lowest BCUT2D eigenvalue weighted by Crippen LogP contribution is -2.49. The molecular formula is C8H8N4O3. The van der Waals surface area contributed by atoms with Crippen molar-refractivity contribution in [1.29, 1.82) is 0 Å². The SMILES string of the molecule is O=C1CC(=O)NC(=O)N1.c1cncnc1. The molecule has 1 aromatic rings. The fourth-order valence-corrected chi connectivity index (χ4v) is 0.772. The standard InChI is InChI=1S/C4H4N2O3.C4H4N2/c7-2-1-3(8)6-4(9)5-2;1-2-5-4-6-3-1/h1H2,(H2,5,6,7,8,9);1-4H. The molecule has 0 aromatic carbocycles. The van der Waals surface area contributed by atoms with Gasteiger partial charge in [-0.2, -0.15) is 0 Å². The van der Waals surface area contributed by atoms with Gasteiger partial charge in [-0.3, -0.25) is 20.2 Å². The number of barbiturate groups is 1. The molecule has 0 spiro atoms. The van der Waals surface area contributed by atoms with Gasteiger partial charge in [-0.05, 0) is 6.07 Å². The van der Waals surface area contributed by atoms with Gasteiger partial charge in [0.2, 0.25) is 11.8 Å². The summed E-state index contributed by atoms with van der Waals surface area (Å²) in [5.41, 5.74) is 0. The molecule has 78 valence electrons.